The highest BCUT2D eigenvalue weighted by atomic mass is 32.2. The van der Waals surface area contributed by atoms with Crippen molar-refractivity contribution in [2.75, 3.05) is 32.4 Å². The highest BCUT2D eigenvalue weighted by Crippen LogP contribution is 2.24. The molecule has 2 aliphatic heterocycles. The number of rotatable bonds is 5. The van der Waals surface area contributed by atoms with E-state index in [1.54, 1.807) is 0 Å². The second-order valence-electron chi connectivity index (χ2n) is 6.70. The minimum atomic E-state index is -3.24. The van der Waals surface area contributed by atoms with Crippen molar-refractivity contribution in [3.8, 4) is 0 Å². The summed E-state index contributed by atoms with van der Waals surface area (Å²) >= 11 is 0. The number of sulfonamides is 1. The Kier molecular flexibility index (Phi) is 5.85. The molecule has 0 aromatic rings. The van der Waals surface area contributed by atoms with Gasteiger partial charge in [0.05, 0.1) is 11.8 Å². The summed E-state index contributed by atoms with van der Waals surface area (Å²) in [5.41, 5.74) is 0. The van der Waals surface area contributed by atoms with E-state index in [4.69, 9.17) is 0 Å². The number of hydrogen-bond acceptors (Lipinski definition) is 4. The molecule has 2 rings (SSSR count). The molecule has 6 nitrogen and oxygen atoms in total. The summed E-state index contributed by atoms with van der Waals surface area (Å²) in [5.74, 6) is 0.929. The summed E-state index contributed by atoms with van der Waals surface area (Å²) in [7, 11) is -1.80. The van der Waals surface area contributed by atoms with Crippen molar-refractivity contribution < 1.29 is 13.2 Å². The Hall–Kier alpha value is -0.660. The lowest BCUT2D eigenvalue weighted by Gasteiger charge is -2.36. The normalized spacial score (nSPS) is 26.3. The zero-order valence-corrected chi connectivity index (χ0v) is 14.7. The molecule has 0 bridgehead atoms. The molecule has 0 saturated carbocycles. The van der Waals surface area contributed by atoms with Crippen molar-refractivity contribution in [3.63, 3.8) is 0 Å². The SMILES string of the molecule is CNS(=O)(=O)CC1CCCN1C(C)C(=O)N1CCC(C)CC1. The summed E-state index contributed by atoms with van der Waals surface area (Å²) in [5, 5.41) is 0. The predicted octanol–water partition coefficient (Wildman–Crippen LogP) is 0.647. The molecule has 2 fully saturated rings. The fourth-order valence-corrected chi connectivity index (χ4v) is 4.55. The maximum absolute atomic E-state index is 12.7. The highest BCUT2D eigenvalue weighted by Gasteiger charge is 2.36. The Morgan fingerprint density at radius 3 is 2.45 bits per heavy atom. The molecule has 7 heteroatoms. The van der Waals surface area contributed by atoms with Crippen LogP contribution in [0, 0.1) is 5.92 Å². The van der Waals surface area contributed by atoms with Gasteiger partial charge in [-0.2, -0.15) is 0 Å². The van der Waals surface area contributed by atoms with Gasteiger partial charge >= 0.3 is 0 Å². The Balaban J connectivity index is 1.98. The van der Waals surface area contributed by atoms with E-state index in [0.717, 1.165) is 45.3 Å². The van der Waals surface area contributed by atoms with Crippen LogP contribution in [0.5, 0.6) is 0 Å². The minimum absolute atomic E-state index is 0.0554. The topological polar surface area (TPSA) is 69.7 Å². The van der Waals surface area contributed by atoms with Crippen molar-refractivity contribution in [2.24, 2.45) is 5.92 Å². The number of carbonyl (C=O) groups excluding carboxylic acids is 1. The number of nitrogens with zero attached hydrogens (tertiary/aromatic N) is 2. The van der Waals surface area contributed by atoms with Crippen LogP contribution in [0.2, 0.25) is 0 Å². The first kappa shape index (κ1) is 17.7. The molecule has 1 N–H and O–H groups in total. The first-order valence-corrected chi connectivity index (χ1v) is 9.95. The van der Waals surface area contributed by atoms with Crippen molar-refractivity contribution in [2.45, 2.75) is 51.6 Å². The zero-order valence-electron chi connectivity index (χ0n) is 13.9. The molecule has 2 atom stereocenters. The van der Waals surface area contributed by atoms with Crippen molar-refractivity contribution >= 4 is 15.9 Å². The van der Waals surface area contributed by atoms with Crippen LogP contribution in [0.3, 0.4) is 0 Å². The fourth-order valence-electron chi connectivity index (χ4n) is 3.52. The van der Waals surface area contributed by atoms with E-state index < -0.39 is 10.0 Å². The van der Waals surface area contributed by atoms with Crippen LogP contribution in [0.15, 0.2) is 0 Å². The number of likely N-dealkylation sites (tertiary alicyclic amines) is 2. The summed E-state index contributed by atoms with van der Waals surface area (Å²) in [6.07, 6.45) is 3.93. The van der Waals surface area contributed by atoms with Gasteiger partial charge in [-0.1, -0.05) is 6.92 Å². The first-order valence-electron chi connectivity index (χ1n) is 8.30. The summed E-state index contributed by atoms with van der Waals surface area (Å²) < 4.78 is 26.0. The monoisotopic (exact) mass is 331 g/mol. The van der Waals surface area contributed by atoms with Crippen LogP contribution in [-0.4, -0.2) is 68.6 Å². The minimum Gasteiger partial charge on any atom is -0.341 e. The summed E-state index contributed by atoms with van der Waals surface area (Å²) in [6, 6.07) is -0.284. The molecule has 0 aromatic carbocycles. The Morgan fingerprint density at radius 1 is 1.23 bits per heavy atom. The van der Waals surface area contributed by atoms with Crippen molar-refractivity contribution in [1.82, 2.24) is 14.5 Å². The molecule has 128 valence electrons. The van der Waals surface area contributed by atoms with E-state index >= 15 is 0 Å². The third-order valence-electron chi connectivity index (χ3n) is 5.10. The maximum atomic E-state index is 12.7. The van der Waals surface area contributed by atoms with E-state index in [9.17, 15) is 13.2 Å². The fraction of sp³-hybridized carbons (Fsp3) is 0.933. The molecule has 0 aromatic heterocycles. The largest absolute Gasteiger partial charge is 0.341 e. The van der Waals surface area contributed by atoms with Gasteiger partial charge in [-0.3, -0.25) is 9.69 Å². The number of piperidine rings is 1. The molecular weight excluding hydrogens is 302 g/mol. The van der Waals surface area contributed by atoms with Gasteiger partial charge in [0, 0.05) is 19.1 Å². The average molecular weight is 331 g/mol. The van der Waals surface area contributed by atoms with E-state index in [0.29, 0.717) is 5.92 Å². The van der Waals surface area contributed by atoms with Crippen LogP contribution in [0.4, 0.5) is 0 Å². The molecule has 0 radical (unpaired) electrons. The Bertz CT molecular complexity index is 486. The summed E-state index contributed by atoms with van der Waals surface area (Å²) in [4.78, 5) is 16.7. The van der Waals surface area contributed by atoms with Crippen molar-refractivity contribution in [3.05, 3.63) is 0 Å². The van der Waals surface area contributed by atoms with Gasteiger partial charge in [-0.25, -0.2) is 13.1 Å². The van der Waals surface area contributed by atoms with E-state index in [1.807, 2.05) is 11.8 Å². The number of hydrogen-bond donors (Lipinski definition) is 1. The molecule has 0 spiro atoms. The van der Waals surface area contributed by atoms with Gasteiger partial charge in [-0.05, 0) is 52.1 Å². The Labute approximate surface area is 134 Å². The van der Waals surface area contributed by atoms with Gasteiger partial charge in [0.15, 0.2) is 0 Å². The van der Waals surface area contributed by atoms with Crippen molar-refractivity contribution in [1.29, 1.82) is 0 Å². The third-order valence-corrected chi connectivity index (χ3v) is 6.54. The number of amides is 1. The van der Waals surface area contributed by atoms with Crippen LogP contribution < -0.4 is 4.72 Å². The van der Waals surface area contributed by atoms with E-state index in [1.165, 1.54) is 7.05 Å². The summed E-state index contributed by atoms with van der Waals surface area (Å²) in [6.45, 7) is 6.62. The third kappa shape index (κ3) is 4.20. The maximum Gasteiger partial charge on any atom is 0.239 e. The standard InChI is InChI=1S/C15H29N3O3S/c1-12-6-9-17(10-7-12)15(19)13(2)18-8-4-5-14(18)11-22(20,21)16-3/h12-14,16H,4-11H2,1-3H3. The lowest BCUT2D eigenvalue weighted by atomic mass is 9.98. The van der Waals surface area contributed by atoms with Gasteiger partial charge in [0.1, 0.15) is 0 Å². The molecular formula is C15H29N3O3S. The zero-order chi connectivity index (χ0) is 16.3. The van der Waals surface area contributed by atoms with Gasteiger partial charge in [0.25, 0.3) is 0 Å². The van der Waals surface area contributed by atoms with Gasteiger partial charge in [-0.15, -0.1) is 0 Å². The lowest BCUT2D eigenvalue weighted by Crippen LogP contribution is -2.52. The van der Waals surface area contributed by atoms with Crippen LogP contribution in [-0.2, 0) is 14.8 Å². The average Bonchev–Trinajstić information content (AvgIpc) is 2.94. The molecule has 1 amide bonds. The van der Waals surface area contributed by atoms with E-state index in [2.05, 4.69) is 16.5 Å². The molecule has 2 aliphatic rings. The predicted molar refractivity (Wildman–Crippen MR) is 87.0 cm³/mol. The molecule has 2 heterocycles. The number of nitrogens with one attached hydrogen (secondary N) is 1. The molecule has 22 heavy (non-hydrogen) atoms. The Morgan fingerprint density at radius 2 is 1.86 bits per heavy atom. The molecule has 2 unspecified atom stereocenters. The van der Waals surface area contributed by atoms with Gasteiger partial charge < -0.3 is 4.90 Å². The van der Waals surface area contributed by atoms with Crippen LogP contribution in [0.1, 0.15) is 39.5 Å². The first-order chi connectivity index (χ1) is 10.3. The van der Waals surface area contributed by atoms with Crippen LogP contribution >= 0.6 is 0 Å². The van der Waals surface area contributed by atoms with E-state index in [-0.39, 0.29) is 23.7 Å². The quantitative estimate of drug-likeness (QED) is 0.803. The molecule has 0 aliphatic carbocycles. The van der Waals surface area contributed by atoms with Crippen LogP contribution in [0.25, 0.3) is 0 Å². The molecule has 2 saturated heterocycles. The van der Waals surface area contributed by atoms with Gasteiger partial charge in [0.2, 0.25) is 15.9 Å². The second-order valence-corrected chi connectivity index (χ2v) is 8.67. The smallest absolute Gasteiger partial charge is 0.239 e. The number of carbonyl (C=O) groups is 1. The lowest BCUT2D eigenvalue weighted by molar-refractivity contribution is -0.138. The second kappa shape index (κ2) is 7.27. The highest BCUT2D eigenvalue weighted by molar-refractivity contribution is 7.89.